The highest BCUT2D eigenvalue weighted by molar-refractivity contribution is 6.12. The molecule has 3 aromatic heterocycles. The molecular formula is C63H33N9. The van der Waals surface area contributed by atoms with Gasteiger partial charge in [-0.25, -0.2) is 19.7 Å². The van der Waals surface area contributed by atoms with Gasteiger partial charge in [0, 0.05) is 49.4 Å². The fraction of sp³-hybridized carbons (Fsp3) is 0. The molecule has 0 unspecified atom stereocenters. The summed E-state index contributed by atoms with van der Waals surface area (Å²) in [5.41, 5.74) is 13.8. The number of hydrogen-bond acceptors (Lipinski definition) is 5. The summed E-state index contributed by atoms with van der Waals surface area (Å²) in [7, 11) is 0. The van der Waals surface area contributed by atoms with Gasteiger partial charge in [-0.05, 0) is 113 Å². The lowest BCUT2D eigenvalue weighted by Crippen LogP contribution is -2.06. The van der Waals surface area contributed by atoms with E-state index in [-0.39, 0.29) is 0 Å². The van der Waals surface area contributed by atoms with Crippen LogP contribution in [0.5, 0.6) is 0 Å². The Morgan fingerprint density at radius 1 is 0.361 bits per heavy atom. The first kappa shape index (κ1) is 42.5. The van der Waals surface area contributed by atoms with E-state index in [2.05, 4.69) is 73.4 Å². The maximum Gasteiger partial charge on any atom is 0.189 e. The second-order valence-electron chi connectivity index (χ2n) is 17.3. The molecule has 12 rings (SSSR count). The fourth-order valence-electron chi connectivity index (χ4n) is 9.94. The monoisotopic (exact) mass is 915 g/mol. The Morgan fingerprint density at radius 2 is 0.792 bits per heavy atom. The third-order valence-corrected chi connectivity index (χ3v) is 13.2. The van der Waals surface area contributed by atoms with Gasteiger partial charge in [0.25, 0.3) is 0 Å². The summed E-state index contributed by atoms with van der Waals surface area (Å²) in [5.74, 6) is 0.467. The van der Waals surface area contributed by atoms with Crippen LogP contribution in [-0.4, -0.2) is 19.1 Å². The number of rotatable bonds is 7. The number of benzene rings is 9. The zero-order chi connectivity index (χ0) is 48.9. The molecule has 9 aromatic carbocycles. The van der Waals surface area contributed by atoms with Crippen LogP contribution in [0, 0.1) is 47.1 Å². The fourth-order valence-corrected chi connectivity index (χ4v) is 9.94. The molecule has 0 saturated carbocycles. The highest BCUT2D eigenvalue weighted by atomic mass is 15.0. The van der Waals surface area contributed by atoms with Crippen LogP contribution in [0.4, 0.5) is 11.4 Å². The summed E-state index contributed by atoms with van der Waals surface area (Å²) < 4.78 is 4.27. The van der Waals surface area contributed by atoms with E-state index in [1.54, 1.807) is 36.4 Å². The molecule has 0 aliphatic rings. The molecule has 12 aromatic rings. The molecule has 0 fully saturated rings. The van der Waals surface area contributed by atoms with Crippen LogP contribution in [0.2, 0.25) is 0 Å². The van der Waals surface area contributed by atoms with Crippen molar-refractivity contribution in [3.8, 4) is 85.7 Å². The Kier molecular flexibility index (Phi) is 10.2. The van der Waals surface area contributed by atoms with Crippen LogP contribution in [0.25, 0.3) is 121 Å². The molecule has 0 saturated heterocycles. The summed E-state index contributed by atoms with van der Waals surface area (Å²) >= 11 is 0. The molecule has 0 aliphatic carbocycles. The lowest BCUT2D eigenvalue weighted by molar-refractivity contribution is 1.11. The Labute approximate surface area is 413 Å². The number of nitrogens with zero attached hydrogens (tertiary/aromatic N) is 9. The van der Waals surface area contributed by atoms with Crippen molar-refractivity contribution in [2.75, 3.05) is 0 Å². The van der Waals surface area contributed by atoms with E-state index in [4.69, 9.17) is 23.1 Å². The molecule has 330 valence electrons. The van der Waals surface area contributed by atoms with Gasteiger partial charge in [0.2, 0.25) is 0 Å². The molecule has 0 bridgehead atoms. The Bertz CT molecular complexity index is 4110. The molecule has 3 heterocycles. The molecular weight excluding hydrogens is 883 g/mol. The van der Waals surface area contributed by atoms with Crippen molar-refractivity contribution in [1.29, 1.82) is 15.8 Å². The van der Waals surface area contributed by atoms with Crippen molar-refractivity contribution in [2.24, 2.45) is 0 Å². The van der Waals surface area contributed by atoms with Crippen LogP contribution < -0.4 is 0 Å². The normalized spacial score (nSPS) is 11.0. The van der Waals surface area contributed by atoms with Crippen LogP contribution in [0.3, 0.4) is 0 Å². The van der Waals surface area contributed by atoms with E-state index >= 15 is 0 Å². The molecule has 0 spiro atoms. The third kappa shape index (κ3) is 7.15. The minimum atomic E-state index is 0.382. The average Bonchev–Trinajstić information content (AvgIpc) is 3.96. The minimum Gasteiger partial charge on any atom is -0.308 e. The summed E-state index contributed by atoms with van der Waals surface area (Å²) in [6.07, 6.45) is 0. The Morgan fingerprint density at radius 3 is 1.22 bits per heavy atom. The van der Waals surface area contributed by atoms with Gasteiger partial charge in [0.05, 0.1) is 70.1 Å². The van der Waals surface area contributed by atoms with E-state index in [1.807, 2.05) is 127 Å². The SMILES string of the molecule is [C-]#[N+]c1cc(C#N)cc(-c2ccc3c(c2)c2ccccc2n3-c2cc(-c3nc(-c4ccccc4)cc(-c4ccccc4)n3)cc(-n3c4ccccc4c4cc(-c5cc(C#N)cc([N+]#[C-])c5)ccc43)c2C#N)c1. The molecule has 0 aliphatic heterocycles. The van der Waals surface area contributed by atoms with Crippen LogP contribution >= 0.6 is 0 Å². The maximum atomic E-state index is 11.7. The van der Waals surface area contributed by atoms with Gasteiger partial charge >= 0.3 is 0 Å². The summed E-state index contributed by atoms with van der Waals surface area (Å²) in [5, 5.41) is 35.2. The summed E-state index contributed by atoms with van der Waals surface area (Å²) in [6, 6.07) is 72.1. The molecule has 0 N–H and O–H groups in total. The van der Waals surface area contributed by atoms with E-state index in [0.29, 0.717) is 50.8 Å². The zero-order valence-electron chi connectivity index (χ0n) is 38.1. The number of nitriles is 3. The van der Waals surface area contributed by atoms with E-state index < -0.39 is 0 Å². The van der Waals surface area contributed by atoms with Gasteiger partial charge in [-0.3, -0.25) is 0 Å². The number of fused-ring (bicyclic) bond motifs is 6. The molecule has 0 radical (unpaired) electrons. The minimum absolute atomic E-state index is 0.382. The molecule has 9 nitrogen and oxygen atoms in total. The standard InChI is InChI=1S/C63H33N9/c1-67-48-27-39(36-64)25-45(29-48)43-21-23-59-52(31-43)50-17-9-11-19-57(50)71(59)61-33-47(63-69-55(41-13-5-3-6-14-41)35-56(70-63)42-15-7-4-8-16-42)34-62(54(61)38-66)72-58-20-12-10-18-51(58)53-32-44(22-24-60(53)72)46-26-40(37-65)28-49(30-46)68-2/h3-35H. The highest BCUT2D eigenvalue weighted by Crippen LogP contribution is 2.43. The van der Waals surface area contributed by atoms with Crippen molar-refractivity contribution in [3.63, 3.8) is 0 Å². The maximum absolute atomic E-state index is 11.7. The lowest BCUT2D eigenvalue weighted by Gasteiger charge is -2.18. The van der Waals surface area contributed by atoms with Crippen LogP contribution in [0.15, 0.2) is 200 Å². The predicted octanol–water partition coefficient (Wildman–Crippen LogP) is 15.7. The molecule has 9 heteroatoms. The molecule has 0 atom stereocenters. The van der Waals surface area contributed by atoms with Crippen LogP contribution in [0.1, 0.15) is 16.7 Å². The zero-order valence-corrected chi connectivity index (χ0v) is 38.1. The smallest absolute Gasteiger partial charge is 0.189 e. The van der Waals surface area contributed by atoms with E-state index in [0.717, 1.165) is 88.4 Å². The summed E-state index contributed by atoms with van der Waals surface area (Å²) in [4.78, 5) is 17.9. The first-order chi connectivity index (χ1) is 35.4. The van der Waals surface area contributed by atoms with Crippen LogP contribution in [-0.2, 0) is 0 Å². The van der Waals surface area contributed by atoms with Crippen molar-refractivity contribution in [2.45, 2.75) is 0 Å². The third-order valence-electron chi connectivity index (χ3n) is 13.2. The van der Waals surface area contributed by atoms with Crippen molar-refractivity contribution in [1.82, 2.24) is 19.1 Å². The largest absolute Gasteiger partial charge is 0.308 e. The Balaban J connectivity index is 1.17. The van der Waals surface area contributed by atoms with Gasteiger partial charge in [-0.2, -0.15) is 15.8 Å². The predicted molar refractivity (Wildman–Crippen MR) is 285 cm³/mol. The average molecular weight is 916 g/mol. The topological polar surface area (TPSA) is 116 Å². The van der Waals surface area contributed by atoms with Gasteiger partial charge in [0.15, 0.2) is 17.2 Å². The first-order valence-electron chi connectivity index (χ1n) is 22.9. The Hall–Kier alpha value is -10.9. The number of para-hydroxylation sites is 2. The first-order valence-corrected chi connectivity index (χ1v) is 22.9. The number of aromatic nitrogens is 4. The molecule has 0 amide bonds. The lowest BCUT2D eigenvalue weighted by atomic mass is 10.00. The van der Waals surface area contributed by atoms with Gasteiger partial charge in [-0.15, -0.1) is 0 Å². The molecule has 72 heavy (non-hydrogen) atoms. The highest BCUT2D eigenvalue weighted by Gasteiger charge is 2.24. The summed E-state index contributed by atoms with van der Waals surface area (Å²) in [6.45, 7) is 15.5. The van der Waals surface area contributed by atoms with Crippen molar-refractivity contribution < 1.29 is 0 Å². The van der Waals surface area contributed by atoms with Gasteiger partial charge in [-0.1, -0.05) is 109 Å². The van der Waals surface area contributed by atoms with Gasteiger partial charge in [0.1, 0.15) is 11.6 Å². The van der Waals surface area contributed by atoms with E-state index in [9.17, 15) is 15.8 Å². The van der Waals surface area contributed by atoms with Crippen molar-refractivity contribution in [3.05, 3.63) is 240 Å². The van der Waals surface area contributed by atoms with Crippen molar-refractivity contribution >= 4 is 55.0 Å². The second-order valence-corrected chi connectivity index (χ2v) is 17.3. The quantitative estimate of drug-likeness (QED) is 0.148. The van der Waals surface area contributed by atoms with Gasteiger partial charge < -0.3 is 9.13 Å². The second kappa shape index (κ2) is 17.3. The number of hydrogen-bond donors (Lipinski definition) is 0. The van der Waals surface area contributed by atoms with E-state index in [1.165, 1.54) is 0 Å².